The van der Waals surface area contributed by atoms with Crippen LogP contribution in [0.25, 0.3) is 10.4 Å². The summed E-state index contributed by atoms with van der Waals surface area (Å²) in [4.78, 5) is 33.7. The number of benzene rings is 1. The summed E-state index contributed by atoms with van der Waals surface area (Å²) in [6.07, 6.45) is 3.94. The molecule has 35 heavy (non-hydrogen) atoms. The molecule has 182 valence electrons. The van der Waals surface area contributed by atoms with Crippen LogP contribution in [0.1, 0.15) is 67.4 Å². The summed E-state index contributed by atoms with van der Waals surface area (Å²) in [6, 6.07) is 9.78. The van der Waals surface area contributed by atoms with Gasteiger partial charge in [-0.05, 0) is 75.1 Å². The van der Waals surface area contributed by atoms with Crippen molar-refractivity contribution in [3.05, 3.63) is 57.4 Å². The first-order valence-electron chi connectivity index (χ1n) is 11.9. The van der Waals surface area contributed by atoms with Crippen molar-refractivity contribution in [2.24, 2.45) is 11.8 Å². The molecule has 1 aliphatic rings. The molecule has 2 aromatic heterocycles. The largest absolute Gasteiger partial charge is 0.465 e. The third-order valence-electron chi connectivity index (χ3n) is 6.40. The van der Waals surface area contributed by atoms with Gasteiger partial charge in [-0.25, -0.2) is 9.78 Å². The van der Waals surface area contributed by atoms with Gasteiger partial charge in [-0.2, -0.15) is 0 Å². The Morgan fingerprint density at radius 3 is 2.43 bits per heavy atom. The maximum atomic E-state index is 13.6. The highest BCUT2D eigenvalue weighted by Crippen LogP contribution is 2.40. The maximum absolute atomic E-state index is 13.6. The monoisotopic (exact) mass is 506 g/mol. The number of anilines is 1. The maximum Gasteiger partial charge on any atom is 0.350 e. The molecule has 5 nitrogen and oxygen atoms in total. The predicted molar refractivity (Wildman–Crippen MR) is 143 cm³/mol. The van der Waals surface area contributed by atoms with Crippen LogP contribution in [-0.4, -0.2) is 30.0 Å². The fourth-order valence-corrected chi connectivity index (χ4v) is 5.98. The number of thiazole rings is 1. The van der Waals surface area contributed by atoms with Gasteiger partial charge < -0.3 is 9.64 Å². The Labute approximate surface area is 215 Å². The van der Waals surface area contributed by atoms with Gasteiger partial charge in [-0.15, -0.1) is 22.7 Å². The molecule has 0 spiro atoms. The second-order valence-electron chi connectivity index (χ2n) is 9.28. The first-order valence-corrected chi connectivity index (χ1v) is 13.7. The van der Waals surface area contributed by atoms with Crippen molar-refractivity contribution < 1.29 is 14.3 Å². The summed E-state index contributed by atoms with van der Waals surface area (Å²) in [5.41, 5.74) is 5.02. The minimum absolute atomic E-state index is 0.00183. The highest BCUT2D eigenvalue weighted by molar-refractivity contribution is 7.18. The number of hydrogen-bond acceptors (Lipinski definition) is 6. The third-order valence-corrected chi connectivity index (χ3v) is 8.14. The van der Waals surface area contributed by atoms with Crippen LogP contribution < -0.4 is 4.90 Å². The van der Waals surface area contributed by atoms with Crippen molar-refractivity contribution in [3.63, 3.8) is 0 Å². The average Bonchev–Trinajstić information content (AvgIpc) is 3.53. The number of rotatable bonds is 5. The molecule has 0 atom stereocenters. The van der Waals surface area contributed by atoms with E-state index >= 15 is 0 Å². The van der Waals surface area contributed by atoms with E-state index in [-0.39, 0.29) is 17.9 Å². The highest BCUT2D eigenvalue weighted by Gasteiger charge is 2.33. The van der Waals surface area contributed by atoms with Gasteiger partial charge in [-0.1, -0.05) is 25.0 Å². The lowest BCUT2D eigenvalue weighted by Gasteiger charge is -2.33. The van der Waals surface area contributed by atoms with Crippen molar-refractivity contribution in [1.82, 2.24) is 4.98 Å². The summed E-state index contributed by atoms with van der Waals surface area (Å²) < 4.78 is 5.09. The lowest BCUT2D eigenvalue weighted by Crippen LogP contribution is -2.42. The van der Waals surface area contributed by atoms with Gasteiger partial charge >= 0.3 is 5.97 Å². The summed E-state index contributed by atoms with van der Waals surface area (Å²) >= 11 is 2.88. The lowest BCUT2D eigenvalue weighted by atomic mass is 9.82. The van der Waals surface area contributed by atoms with Crippen molar-refractivity contribution in [3.8, 4) is 22.3 Å². The SMILES string of the molecule is COC(=O)c1sc(-c2ccc(C#Cc3cscn3)cc2)cc1N(C(=O)[C@H]1CC[C@H](C)CC1)C(C)C. The van der Waals surface area contributed by atoms with Gasteiger partial charge in [0.2, 0.25) is 5.91 Å². The quantitative estimate of drug-likeness (QED) is 0.288. The molecule has 3 aromatic rings. The lowest BCUT2D eigenvalue weighted by molar-refractivity contribution is -0.123. The van der Waals surface area contributed by atoms with E-state index in [0.29, 0.717) is 16.5 Å². The topological polar surface area (TPSA) is 59.5 Å². The Morgan fingerprint density at radius 1 is 1.11 bits per heavy atom. The van der Waals surface area contributed by atoms with E-state index in [1.54, 1.807) is 10.4 Å². The number of aromatic nitrogens is 1. The van der Waals surface area contributed by atoms with Gasteiger partial charge in [0.1, 0.15) is 10.6 Å². The minimum atomic E-state index is -0.419. The number of carbonyl (C=O) groups excluding carboxylic acids is 2. The van der Waals surface area contributed by atoms with Crippen LogP contribution in [0.4, 0.5) is 5.69 Å². The van der Waals surface area contributed by atoms with Crippen LogP contribution in [0.2, 0.25) is 0 Å². The van der Waals surface area contributed by atoms with Gasteiger partial charge in [0.15, 0.2) is 0 Å². The molecule has 2 heterocycles. The molecule has 1 aromatic carbocycles. The number of ether oxygens (including phenoxy) is 1. The second kappa shape index (κ2) is 11.2. The standard InChI is InChI=1S/C28H30N2O3S2/c1-18(2)30(27(31)22-10-5-19(3)6-11-22)24-15-25(35-26(24)28(32)33-4)21-12-7-20(8-13-21)9-14-23-16-34-17-29-23/h7-8,12-13,15-19,22H,5-6,10-11H2,1-4H3/t19-,22-. The van der Waals surface area contributed by atoms with Gasteiger partial charge in [0.25, 0.3) is 0 Å². The molecule has 1 aliphatic carbocycles. The number of thiophene rings is 1. The first kappa shape index (κ1) is 25.2. The Kier molecular flexibility index (Phi) is 8.04. The number of methoxy groups -OCH3 is 1. The molecule has 0 N–H and O–H groups in total. The second-order valence-corrected chi connectivity index (χ2v) is 11.0. The van der Waals surface area contributed by atoms with Crippen LogP contribution in [0, 0.1) is 23.7 Å². The molecule has 1 saturated carbocycles. The van der Waals surface area contributed by atoms with E-state index in [0.717, 1.165) is 47.4 Å². The molecule has 4 rings (SSSR count). The van der Waals surface area contributed by atoms with E-state index in [4.69, 9.17) is 4.74 Å². The fraction of sp³-hybridized carbons (Fsp3) is 0.393. The van der Waals surface area contributed by atoms with E-state index in [1.165, 1.54) is 29.8 Å². The normalized spacial score (nSPS) is 17.5. The van der Waals surface area contributed by atoms with Crippen LogP contribution in [-0.2, 0) is 9.53 Å². The smallest absolute Gasteiger partial charge is 0.350 e. The first-order chi connectivity index (χ1) is 16.9. The summed E-state index contributed by atoms with van der Waals surface area (Å²) in [5, 5.41) is 1.92. The Morgan fingerprint density at radius 2 is 1.83 bits per heavy atom. The van der Waals surface area contributed by atoms with E-state index in [9.17, 15) is 9.59 Å². The average molecular weight is 507 g/mol. The van der Waals surface area contributed by atoms with Gasteiger partial charge in [0.05, 0.1) is 18.3 Å². The Balaban J connectivity index is 1.65. The van der Waals surface area contributed by atoms with Crippen molar-refractivity contribution in [1.29, 1.82) is 0 Å². The third kappa shape index (κ3) is 5.83. The zero-order chi connectivity index (χ0) is 24.9. The number of nitrogens with zero attached hydrogens (tertiary/aromatic N) is 2. The van der Waals surface area contributed by atoms with Crippen molar-refractivity contribution in [2.75, 3.05) is 12.0 Å². The highest BCUT2D eigenvalue weighted by atomic mass is 32.1. The molecule has 0 saturated heterocycles. The zero-order valence-electron chi connectivity index (χ0n) is 20.5. The van der Waals surface area contributed by atoms with Crippen molar-refractivity contribution >= 4 is 40.2 Å². The Bertz CT molecular complexity index is 1230. The number of amides is 1. The van der Waals surface area contributed by atoms with Crippen molar-refractivity contribution in [2.45, 2.75) is 52.5 Å². The molecule has 0 aliphatic heterocycles. The van der Waals surface area contributed by atoms with Gasteiger partial charge in [-0.3, -0.25) is 4.79 Å². The summed E-state index contributed by atoms with van der Waals surface area (Å²) in [7, 11) is 1.38. The molecule has 0 unspecified atom stereocenters. The summed E-state index contributed by atoms with van der Waals surface area (Å²) in [5.74, 6) is 6.53. The molecule has 1 fully saturated rings. The van der Waals surface area contributed by atoms with Gasteiger partial charge in [0, 0.05) is 27.8 Å². The van der Waals surface area contributed by atoms with E-state index < -0.39 is 5.97 Å². The number of esters is 1. The molecular formula is C28H30N2O3S2. The summed E-state index contributed by atoms with van der Waals surface area (Å²) in [6.45, 7) is 6.24. The van der Waals surface area contributed by atoms with Crippen LogP contribution in [0.15, 0.2) is 41.2 Å². The fourth-order valence-electron chi connectivity index (χ4n) is 4.42. The molecule has 7 heteroatoms. The molecular weight excluding hydrogens is 476 g/mol. The van der Waals surface area contributed by atoms with E-state index in [2.05, 4.69) is 23.7 Å². The molecule has 0 radical (unpaired) electrons. The zero-order valence-corrected chi connectivity index (χ0v) is 22.2. The minimum Gasteiger partial charge on any atom is -0.465 e. The molecule has 1 amide bonds. The Hall–Kier alpha value is -2.95. The van der Waals surface area contributed by atoms with E-state index in [1.807, 2.05) is 49.6 Å². The number of carbonyl (C=O) groups is 2. The molecule has 0 bridgehead atoms. The van der Waals surface area contributed by atoms with Crippen LogP contribution >= 0.6 is 22.7 Å². The van der Waals surface area contributed by atoms with Crippen LogP contribution in [0.5, 0.6) is 0 Å². The predicted octanol–water partition coefficient (Wildman–Crippen LogP) is 6.63. The van der Waals surface area contributed by atoms with Crippen LogP contribution in [0.3, 0.4) is 0 Å². The number of hydrogen-bond donors (Lipinski definition) is 0.